The van der Waals surface area contributed by atoms with E-state index in [4.69, 9.17) is 15.0 Å². The number of hydrogen-bond donors (Lipinski definition) is 1. The van der Waals surface area contributed by atoms with Gasteiger partial charge in [-0.15, -0.1) is 0 Å². The van der Waals surface area contributed by atoms with Crippen molar-refractivity contribution in [3.05, 3.63) is 11.7 Å². The van der Waals surface area contributed by atoms with Crippen molar-refractivity contribution < 1.29 is 9.26 Å². The molecule has 7 nitrogen and oxygen atoms in total. The molecule has 2 saturated heterocycles. The molecule has 1 aromatic heterocycles. The molecular weight excluding hydrogens is 258 g/mol. The molecule has 0 amide bonds. The van der Waals surface area contributed by atoms with Crippen molar-refractivity contribution in [2.75, 3.05) is 46.9 Å². The van der Waals surface area contributed by atoms with Crippen LogP contribution in [0.3, 0.4) is 0 Å². The molecule has 0 aromatic carbocycles. The molecule has 2 fully saturated rings. The van der Waals surface area contributed by atoms with Crippen molar-refractivity contribution in [2.24, 2.45) is 5.73 Å². The summed E-state index contributed by atoms with van der Waals surface area (Å²) in [5.74, 6) is 1.40. The van der Waals surface area contributed by atoms with Gasteiger partial charge in [0.05, 0.1) is 18.6 Å². The first kappa shape index (κ1) is 13.9. The first-order valence-corrected chi connectivity index (χ1v) is 7.20. The van der Waals surface area contributed by atoms with Crippen LogP contribution in [0.25, 0.3) is 0 Å². The van der Waals surface area contributed by atoms with E-state index in [-0.39, 0.29) is 18.0 Å². The van der Waals surface area contributed by atoms with Crippen molar-refractivity contribution in [1.29, 1.82) is 0 Å². The molecule has 3 atom stereocenters. The van der Waals surface area contributed by atoms with Crippen LogP contribution in [-0.4, -0.2) is 72.9 Å². The van der Waals surface area contributed by atoms with Crippen molar-refractivity contribution in [3.63, 3.8) is 0 Å². The van der Waals surface area contributed by atoms with Crippen molar-refractivity contribution in [2.45, 2.75) is 24.4 Å². The van der Waals surface area contributed by atoms with Gasteiger partial charge in [-0.25, -0.2) is 0 Å². The second-order valence-corrected chi connectivity index (χ2v) is 5.88. The minimum absolute atomic E-state index is 0.0247. The molecule has 112 valence electrons. The van der Waals surface area contributed by atoms with Crippen LogP contribution in [-0.2, 0) is 4.74 Å². The zero-order chi connectivity index (χ0) is 14.1. The molecule has 0 bridgehead atoms. The lowest BCUT2D eigenvalue weighted by atomic mass is 9.97. The highest BCUT2D eigenvalue weighted by molar-refractivity contribution is 5.04. The Bertz CT molecular complexity index is 452. The fourth-order valence-corrected chi connectivity index (χ4v) is 2.83. The van der Waals surface area contributed by atoms with Crippen LogP contribution in [0.5, 0.6) is 0 Å². The second kappa shape index (κ2) is 5.77. The monoisotopic (exact) mass is 281 g/mol. The van der Waals surface area contributed by atoms with Gasteiger partial charge in [-0.05, 0) is 20.5 Å². The summed E-state index contributed by atoms with van der Waals surface area (Å²) < 4.78 is 10.9. The maximum atomic E-state index is 6.12. The van der Waals surface area contributed by atoms with E-state index < -0.39 is 0 Å². The molecule has 2 aliphatic rings. The molecule has 0 radical (unpaired) electrons. The Labute approximate surface area is 119 Å². The lowest BCUT2D eigenvalue weighted by Gasteiger charge is -2.35. The molecule has 0 saturated carbocycles. The van der Waals surface area contributed by atoms with Gasteiger partial charge in [0.25, 0.3) is 0 Å². The second-order valence-electron chi connectivity index (χ2n) is 5.88. The topological polar surface area (TPSA) is 80.7 Å². The Balaban J connectivity index is 1.75. The van der Waals surface area contributed by atoms with Crippen LogP contribution in [0.15, 0.2) is 4.52 Å². The molecule has 3 heterocycles. The average molecular weight is 281 g/mol. The number of rotatable bonds is 2. The SMILES string of the molecule is CN1CCN(C)C(c2noc(C3COCCC3N)n2)C1. The number of ether oxygens (including phenoxy) is 1. The van der Waals surface area contributed by atoms with Crippen LogP contribution in [0.1, 0.15) is 30.1 Å². The molecule has 2 N–H and O–H groups in total. The summed E-state index contributed by atoms with van der Waals surface area (Å²) in [6.07, 6.45) is 0.842. The summed E-state index contributed by atoms with van der Waals surface area (Å²) in [6.45, 7) is 4.29. The van der Waals surface area contributed by atoms with Crippen molar-refractivity contribution >= 4 is 0 Å². The summed E-state index contributed by atoms with van der Waals surface area (Å²) >= 11 is 0. The highest BCUT2D eigenvalue weighted by Gasteiger charge is 2.32. The Kier molecular flexibility index (Phi) is 4.02. The highest BCUT2D eigenvalue weighted by atomic mass is 16.5. The number of aromatic nitrogens is 2. The average Bonchev–Trinajstić information content (AvgIpc) is 2.91. The number of nitrogens with zero attached hydrogens (tertiary/aromatic N) is 4. The quantitative estimate of drug-likeness (QED) is 0.805. The highest BCUT2D eigenvalue weighted by Crippen LogP contribution is 2.26. The van der Waals surface area contributed by atoms with Crippen LogP contribution >= 0.6 is 0 Å². The van der Waals surface area contributed by atoms with Gasteiger partial charge in [0.15, 0.2) is 5.82 Å². The molecule has 0 aliphatic carbocycles. The molecule has 3 rings (SSSR count). The smallest absolute Gasteiger partial charge is 0.233 e. The summed E-state index contributed by atoms with van der Waals surface area (Å²) in [7, 11) is 4.22. The molecule has 20 heavy (non-hydrogen) atoms. The predicted molar refractivity (Wildman–Crippen MR) is 73.3 cm³/mol. The normalized spacial score (nSPS) is 33.5. The van der Waals surface area contributed by atoms with Gasteiger partial charge in [-0.3, -0.25) is 4.90 Å². The van der Waals surface area contributed by atoms with E-state index in [9.17, 15) is 0 Å². The molecule has 1 aromatic rings. The standard InChI is InChI=1S/C13H23N5O2/c1-17-4-5-18(2)11(7-17)12-15-13(20-16-12)9-8-19-6-3-10(9)14/h9-11H,3-8,14H2,1-2H3. The summed E-state index contributed by atoms with van der Waals surface area (Å²) in [4.78, 5) is 9.14. The maximum Gasteiger partial charge on any atom is 0.233 e. The summed E-state index contributed by atoms with van der Waals surface area (Å²) in [6, 6.07) is 0.232. The summed E-state index contributed by atoms with van der Waals surface area (Å²) in [5.41, 5.74) is 6.12. The fourth-order valence-electron chi connectivity index (χ4n) is 2.83. The molecule has 7 heteroatoms. The third kappa shape index (κ3) is 2.71. The number of likely N-dealkylation sites (N-methyl/N-ethyl adjacent to an activating group) is 2. The van der Waals surface area contributed by atoms with E-state index in [2.05, 4.69) is 34.0 Å². The van der Waals surface area contributed by atoms with Crippen LogP contribution in [0, 0.1) is 0 Å². The number of nitrogens with two attached hydrogens (primary N) is 1. The minimum Gasteiger partial charge on any atom is -0.381 e. The van der Waals surface area contributed by atoms with E-state index in [1.54, 1.807) is 0 Å². The van der Waals surface area contributed by atoms with Gasteiger partial charge in [0, 0.05) is 32.3 Å². The zero-order valence-corrected chi connectivity index (χ0v) is 12.2. The Hall–Kier alpha value is -1.02. The Morgan fingerprint density at radius 2 is 2.15 bits per heavy atom. The maximum absolute atomic E-state index is 6.12. The number of hydrogen-bond acceptors (Lipinski definition) is 7. The third-order valence-electron chi connectivity index (χ3n) is 4.33. The van der Waals surface area contributed by atoms with Gasteiger partial charge in [0.1, 0.15) is 0 Å². The molecule has 3 unspecified atom stereocenters. The molecule has 2 aliphatic heterocycles. The third-order valence-corrected chi connectivity index (χ3v) is 4.33. The van der Waals surface area contributed by atoms with E-state index in [1.807, 2.05) is 0 Å². The predicted octanol–water partition coefficient (Wildman–Crippen LogP) is -0.181. The molecular formula is C13H23N5O2. The zero-order valence-electron chi connectivity index (χ0n) is 12.2. The van der Waals surface area contributed by atoms with E-state index in [0.29, 0.717) is 12.5 Å². The van der Waals surface area contributed by atoms with Crippen LogP contribution in [0.4, 0.5) is 0 Å². The van der Waals surface area contributed by atoms with Gasteiger partial charge < -0.3 is 19.9 Å². The van der Waals surface area contributed by atoms with Crippen LogP contribution < -0.4 is 5.73 Å². The van der Waals surface area contributed by atoms with E-state index in [1.165, 1.54) is 0 Å². The Morgan fingerprint density at radius 1 is 1.30 bits per heavy atom. The first-order chi connectivity index (χ1) is 9.65. The van der Waals surface area contributed by atoms with Gasteiger partial charge in [-0.2, -0.15) is 4.98 Å². The fraction of sp³-hybridized carbons (Fsp3) is 0.846. The lowest BCUT2D eigenvalue weighted by Crippen LogP contribution is -2.45. The van der Waals surface area contributed by atoms with E-state index >= 15 is 0 Å². The van der Waals surface area contributed by atoms with Gasteiger partial charge >= 0.3 is 0 Å². The van der Waals surface area contributed by atoms with Crippen LogP contribution in [0.2, 0.25) is 0 Å². The summed E-state index contributed by atoms with van der Waals surface area (Å²) in [5, 5.41) is 4.17. The van der Waals surface area contributed by atoms with Gasteiger partial charge in [0.2, 0.25) is 5.89 Å². The number of piperazine rings is 1. The first-order valence-electron chi connectivity index (χ1n) is 7.20. The van der Waals surface area contributed by atoms with Crippen molar-refractivity contribution in [3.8, 4) is 0 Å². The molecule has 0 spiro atoms. The lowest BCUT2D eigenvalue weighted by molar-refractivity contribution is 0.0590. The van der Waals surface area contributed by atoms with Gasteiger partial charge in [-0.1, -0.05) is 5.16 Å². The Morgan fingerprint density at radius 3 is 2.95 bits per heavy atom. The minimum atomic E-state index is 0.0247. The van der Waals surface area contributed by atoms with Crippen molar-refractivity contribution in [1.82, 2.24) is 19.9 Å². The van der Waals surface area contributed by atoms with E-state index in [0.717, 1.165) is 38.5 Å². The largest absolute Gasteiger partial charge is 0.381 e.